The summed E-state index contributed by atoms with van der Waals surface area (Å²) in [5.74, 6) is 0. The SMILES string of the molecule is Cc1cccc(C(C#N)NCc2cccs2)c1. The van der Waals surface area contributed by atoms with Gasteiger partial charge in [0.05, 0.1) is 6.07 Å². The van der Waals surface area contributed by atoms with Crippen molar-refractivity contribution in [2.24, 2.45) is 0 Å². The normalized spacial score (nSPS) is 12.0. The van der Waals surface area contributed by atoms with Crippen molar-refractivity contribution < 1.29 is 0 Å². The van der Waals surface area contributed by atoms with Crippen LogP contribution in [-0.2, 0) is 6.54 Å². The maximum Gasteiger partial charge on any atom is 0.121 e. The number of nitrogens with one attached hydrogen (secondary N) is 1. The van der Waals surface area contributed by atoms with Crippen molar-refractivity contribution in [1.29, 1.82) is 5.26 Å². The third kappa shape index (κ3) is 3.16. The number of rotatable bonds is 4. The van der Waals surface area contributed by atoms with Crippen LogP contribution in [0.25, 0.3) is 0 Å². The van der Waals surface area contributed by atoms with Gasteiger partial charge in [-0.25, -0.2) is 0 Å². The maximum absolute atomic E-state index is 9.19. The van der Waals surface area contributed by atoms with Crippen LogP contribution >= 0.6 is 11.3 Å². The van der Waals surface area contributed by atoms with E-state index in [1.54, 1.807) is 11.3 Å². The molecule has 0 fully saturated rings. The van der Waals surface area contributed by atoms with Gasteiger partial charge in [0.1, 0.15) is 6.04 Å². The molecule has 0 spiro atoms. The Balaban J connectivity index is 2.05. The molecule has 2 rings (SSSR count). The second-order valence-corrected chi connectivity index (χ2v) is 4.97. The first-order valence-corrected chi connectivity index (χ1v) is 6.39. The van der Waals surface area contributed by atoms with Crippen LogP contribution in [0.3, 0.4) is 0 Å². The largest absolute Gasteiger partial charge is 0.293 e. The Morgan fingerprint density at radius 3 is 2.88 bits per heavy atom. The minimum atomic E-state index is -0.239. The van der Waals surface area contributed by atoms with Crippen LogP contribution in [0.15, 0.2) is 41.8 Å². The second-order valence-electron chi connectivity index (χ2n) is 3.94. The zero-order chi connectivity index (χ0) is 12.1. The molecule has 1 aromatic heterocycles. The zero-order valence-electron chi connectivity index (χ0n) is 9.68. The van der Waals surface area contributed by atoms with E-state index in [9.17, 15) is 5.26 Å². The molecule has 3 heteroatoms. The van der Waals surface area contributed by atoms with Gasteiger partial charge in [-0.2, -0.15) is 5.26 Å². The van der Waals surface area contributed by atoms with E-state index in [1.807, 2.05) is 36.6 Å². The van der Waals surface area contributed by atoms with Gasteiger partial charge in [0.15, 0.2) is 0 Å². The molecule has 1 aromatic carbocycles. The van der Waals surface area contributed by atoms with Crippen LogP contribution in [0.5, 0.6) is 0 Å². The first-order chi connectivity index (χ1) is 8.29. The van der Waals surface area contributed by atoms with Crippen LogP contribution in [0, 0.1) is 18.3 Å². The lowest BCUT2D eigenvalue weighted by Gasteiger charge is -2.11. The summed E-state index contributed by atoms with van der Waals surface area (Å²) in [5, 5.41) is 14.5. The van der Waals surface area contributed by atoms with Crippen molar-refractivity contribution in [3.63, 3.8) is 0 Å². The summed E-state index contributed by atoms with van der Waals surface area (Å²) in [6.45, 7) is 2.78. The smallest absolute Gasteiger partial charge is 0.121 e. The van der Waals surface area contributed by atoms with Gasteiger partial charge in [-0.15, -0.1) is 11.3 Å². The van der Waals surface area contributed by atoms with Crippen LogP contribution in [0.1, 0.15) is 22.0 Å². The van der Waals surface area contributed by atoms with Crippen LogP contribution in [0.2, 0.25) is 0 Å². The van der Waals surface area contributed by atoms with Gasteiger partial charge < -0.3 is 0 Å². The number of nitrogens with zero attached hydrogens (tertiary/aromatic N) is 1. The van der Waals surface area contributed by atoms with Gasteiger partial charge in [0, 0.05) is 11.4 Å². The summed E-state index contributed by atoms with van der Waals surface area (Å²) in [6.07, 6.45) is 0. The quantitative estimate of drug-likeness (QED) is 0.891. The Labute approximate surface area is 106 Å². The number of hydrogen-bond acceptors (Lipinski definition) is 3. The molecular weight excluding hydrogens is 228 g/mol. The standard InChI is InChI=1S/C14H14N2S/c1-11-4-2-5-12(8-11)14(9-15)16-10-13-6-3-7-17-13/h2-8,14,16H,10H2,1H3. The van der Waals surface area contributed by atoms with Crippen molar-refractivity contribution in [3.8, 4) is 6.07 Å². The van der Waals surface area contributed by atoms with Gasteiger partial charge >= 0.3 is 0 Å². The van der Waals surface area contributed by atoms with Crippen molar-refractivity contribution in [3.05, 3.63) is 57.8 Å². The van der Waals surface area contributed by atoms with Crippen LogP contribution in [0.4, 0.5) is 0 Å². The molecule has 0 amide bonds. The predicted octanol–water partition coefficient (Wildman–Crippen LogP) is 3.41. The van der Waals surface area contributed by atoms with E-state index in [0.29, 0.717) is 0 Å². The van der Waals surface area contributed by atoms with Crippen molar-refractivity contribution >= 4 is 11.3 Å². The number of nitriles is 1. The molecule has 0 aliphatic carbocycles. The number of hydrogen-bond donors (Lipinski definition) is 1. The Morgan fingerprint density at radius 1 is 1.35 bits per heavy atom. The highest BCUT2D eigenvalue weighted by Gasteiger charge is 2.09. The fourth-order valence-corrected chi connectivity index (χ4v) is 2.36. The zero-order valence-corrected chi connectivity index (χ0v) is 10.5. The molecule has 0 aliphatic rings. The lowest BCUT2D eigenvalue weighted by molar-refractivity contribution is 0.635. The molecule has 86 valence electrons. The van der Waals surface area contributed by atoms with E-state index in [4.69, 9.17) is 0 Å². The topological polar surface area (TPSA) is 35.8 Å². The van der Waals surface area contributed by atoms with Gasteiger partial charge in [-0.3, -0.25) is 5.32 Å². The van der Waals surface area contributed by atoms with Gasteiger partial charge in [-0.1, -0.05) is 35.9 Å². The summed E-state index contributed by atoms with van der Waals surface area (Å²) in [7, 11) is 0. The lowest BCUT2D eigenvalue weighted by Crippen LogP contribution is -2.18. The molecule has 2 aromatic rings. The van der Waals surface area contributed by atoms with Gasteiger partial charge in [0.25, 0.3) is 0 Å². The molecule has 1 heterocycles. The number of aryl methyl sites for hydroxylation is 1. The fraction of sp³-hybridized carbons (Fsp3) is 0.214. The van der Waals surface area contributed by atoms with Crippen LogP contribution in [-0.4, -0.2) is 0 Å². The average Bonchev–Trinajstić information content (AvgIpc) is 2.83. The molecule has 1 atom stereocenters. The molecule has 17 heavy (non-hydrogen) atoms. The Morgan fingerprint density at radius 2 is 2.24 bits per heavy atom. The summed E-state index contributed by atoms with van der Waals surface area (Å²) in [5.41, 5.74) is 2.21. The summed E-state index contributed by atoms with van der Waals surface area (Å²) < 4.78 is 0. The van der Waals surface area contributed by atoms with Gasteiger partial charge in [-0.05, 0) is 23.9 Å². The molecule has 1 unspecified atom stereocenters. The highest BCUT2D eigenvalue weighted by atomic mass is 32.1. The third-order valence-corrected chi connectivity index (χ3v) is 3.44. The minimum Gasteiger partial charge on any atom is -0.293 e. The average molecular weight is 242 g/mol. The molecular formula is C14H14N2S. The molecule has 2 nitrogen and oxygen atoms in total. The van der Waals surface area contributed by atoms with E-state index in [2.05, 4.69) is 23.5 Å². The van der Waals surface area contributed by atoms with E-state index >= 15 is 0 Å². The molecule has 0 aliphatic heterocycles. The summed E-state index contributed by atoms with van der Waals surface area (Å²) in [6, 6.07) is 14.2. The fourth-order valence-electron chi connectivity index (χ4n) is 1.70. The first-order valence-electron chi connectivity index (χ1n) is 5.51. The predicted molar refractivity (Wildman–Crippen MR) is 70.7 cm³/mol. The Hall–Kier alpha value is -1.63. The monoisotopic (exact) mass is 242 g/mol. The number of benzene rings is 1. The van der Waals surface area contributed by atoms with Gasteiger partial charge in [0.2, 0.25) is 0 Å². The third-order valence-electron chi connectivity index (χ3n) is 2.57. The first kappa shape index (κ1) is 11.8. The van der Waals surface area contributed by atoms with E-state index in [-0.39, 0.29) is 6.04 Å². The molecule has 0 saturated heterocycles. The minimum absolute atomic E-state index is 0.239. The Bertz CT molecular complexity index is 511. The number of thiophene rings is 1. The van der Waals surface area contributed by atoms with E-state index < -0.39 is 0 Å². The molecule has 0 saturated carbocycles. The lowest BCUT2D eigenvalue weighted by atomic mass is 10.1. The summed E-state index contributed by atoms with van der Waals surface area (Å²) in [4.78, 5) is 1.25. The van der Waals surface area contributed by atoms with E-state index in [1.165, 1.54) is 10.4 Å². The second kappa shape index (κ2) is 5.62. The van der Waals surface area contributed by atoms with Crippen molar-refractivity contribution in [1.82, 2.24) is 5.32 Å². The highest BCUT2D eigenvalue weighted by molar-refractivity contribution is 7.09. The summed E-state index contributed by atoms with van der Waals surface area (Å²) >= 11 is 1.70. The highest BCUT2D eigenvalue weighted by Crippen LogP contribution is 2.15. The van der Waals surface area contributed by atoms with Crippen molar-refractivity contribution in [2.75, 3.05) is 0 Å². The molecule has 1 N–H and O–H groups in total. The van der Waals surface area contributed by atoms with Crippen molar-refractivity contribution in [2.45, 2.75) is 19.5 Å². The maximum atomic E-state index is 9.19. The molecule has 0 radical (unpaired) electrons. The van der Waals surface area contributed by atoms with Crippen LogP contribution < -0.4 is 5.32 Å². The Kier molecular flexibility index (Phi) is 3.92. The molecule has 0 bridgehead atoms. The van der Waals surface area contributed by atoms with E-state index in [0.717, 1.165) is 12.1 Å².